The normalized spacial score (nSPS) is 13.2. The first-order valence-electron chi connectivity index (χ1n) is 6.02. The van der Waals surface area contributed by atoms with E-state index in [2.05, 4.69) is 4.72 Å². The Bertz CT molecular complexity index is 609. The van der Waals surface area contributed by atoms with Gasteiger partial charge < -0.3 is 4.74 Å². The quantitative estimate of drug-likeness (QED) is 0.872. The highest BCUT2D eigenvalue weighted by molar-refractivity contribution is 7.89. The second-order valence-electron chi connectivity index (χ2n) is 4.68. The molecule has 7 heteroatoms. The molecule has 0 spiro atoms. The summed E-state index contributed by atoms with van der Waals surface area (Å²) in [6, 6.07) is 5.57. The first-order valence-corrected chi connectivity index (χ1v) is 7.89. The summed E-state index contributed by atoms with van der Waals surface area (Å²) in [5.41, 5.74) is 0.239. The van der Waals surface area contributed by atoms with Crippen molar-refractivity contribution in [2.45, 2.75) is 24.8 Å². The lowest BCUT2D eigenvalue weighted by Gasteiger charge is -2.21. The second kappa shape index (κ2) is 7.04. The van der Waals surface area contributed by atoms with Gasteiger partial charge in [-0.3, -0.25) is 0 Å². The zero-order valence-electron chi connectivity index (χ0n) is 11.6. The fourth-order valence-corrected chi connectivity index (χ4v) is 3.25. The maximum Gasteiger partial charge on any atom is 0.240 e. The highest BCUT2D eigenvalue weighted by Gasteiger charge is 2.23. The first-order chi connectivity index (χ1) is 9.31. The summed E-state index contributed by atoms with van der Waals surface area (Å²) < 4.78 is 32.1. The zero-order valence-corrected chi connectivity index (χ0v) is 13.1. The molecule has 20 heavy (non-hydrogen) atoms. The smallest absolute Gasteiger partial charge is 0.240 e. The number of sulfonamides is 1. The molecule has 0 heterocycles. The van der Waals surface area contributed by atoms with Crippen LogP contribution in [-0.4, -0.2) is 28.2 Å². The van der Waals surface area contributed by atoms with Crippen LogP contribution in [0.3, 0.4) is 0 Å². The van der Waals surface area contributed by atoms with Gasteiger partial charge >= 0.3 is 0 Å². The molecule has 1 rings (SSSR count). The molecular weight excluding hydrogens is 300 g/mol. The van der Waals surface area contributed by atoms with Gasteiger partial charge in [0, 0.05) is 13.2 Å². The van der Waals surface area contributed by atoms with Gasteiger partial charge in [-0.15, -0.1) is 0 Å². The van der Waals surface area contributed by atoms with E-state index in [1.165, 1.54) is 25.3 Å². The Hall–Kier alpha value is -1.13. The Morgan fingerprint density at radius 3 is 2.55 bits per heavy atom. The second-order valence-corrected chi connectivity index (χ2v) is 6.80. The summed E-state index contributed by atoms with van der Waals surface area (Å²) in [7, 11) is -2.18. The molecule has 0 radical (unpaired) electrons. The third-order valence-corrected chi connectivity index (χ3v) is 4.63. The van der Waals surface area contributed by atoms with Crippen LogP contribution >= 0.6 is 11.6 Å². The van der Waals surface area contributed by atoms with E-state index in [4.69, 9.17) is 21.6 Å². The van der Waals surface area contributed by atoms with Gasteiger partial charge in [-0.2, -0.15) is 5.26 Å². The van der Waals surface area contributed by atoms with Crippen molar-refractivity contribution in [1.29, 1.82) is 5.26 Å². The number of hydrogen-bond donors (Lipinski definition) is 1. The van der Waals surface area contributed by atoms with Gasteiger partial charge in [-0.25, -0.2) is 13.1 Å². The number of hydrogen-bond acceptors (Lipinski definition) is 4. The van der Waals surface area contributed by atoms with E-state index in [0.717, 1.165) is 0 Å². The maximum absolute atomic E-state index is 12.3. The largest absolute Gasteiger partial charge is 0.383 e. The number of methoxy groups -OCH3 is 1. The van der Waals surface area contributed by atoms with Gasteiger partial charge in [0.15, 0.2) is 0 Å². The summed E-state index contributed by atoms with van der Waals surface area (Å²) in [5.74, 6) is 0.0820. The molecule has 0 saturated carbocycles. The van der Waals surface area contributed by atoms with Gasteiger partial charge in [-0.1, -0.05) is 25.4 Å². The molecule has 0 aliphatic heterocycles. The fraction of sp³-hybridized carbons (Fsp3) is 0.462. The molecule has 0 bridgehead atoms. The molecular formula is C13H17ClN2O3S. The predicted octanol–water partition coefficient (Wildman–Crippen LogP) is 2.16. The Morgan fingerprint density at radius 1 is 1.45 bits per heavy atom. The van der Waals surface area contributed by atoms with Crippen molar-refractivity contribution in [1.82, 2.24) is 4.72 Å². The zero-order chi connectivity index (χ0) is 15.3. The Morgan fingerprint density at radius 2 is 2.10 bits per heavy atom. The van der Waals surface area contributed by atoms with Crippen LogP contribution < -0.4 is 4.72 Å². The topological polar surface area (TPSA) is 79.2 Å². The molecule has 1 aromatic rings. The molecule has 0 fully saturated rings. The number of nitrogens with zero attached hydrogens (tertiary/aromatic N) is 1. The number of halogens is 1. The van der Waals surface area contributed by atoms with Gasteiger partial charge in [-0.05, 0) is 24.1 Å². The van der Waals surface area contributed by atoms with Gasteiger partial charge in [0.05, 0.1) is 22.1 Å². The standard InChI is InChI=1S/C13H17ClN2O3S/c1-9(2)13(8-19-3)16-20(17,18)11-5-4-10(7-15)12(14)6-11/h4-6,9,13,16H,8H2,1-3H3. The van der Waals surface area contributed by atoms with E-state index in [-0.39, 0.29) is 34.0 Å². The van der Waals surface area contributed by atoms with Gasteiger partial charge in [0.25, 0.3) is 0 Å². The van der Waals surface area contributed by atoms with Crippen LogP contribution in [0, 0.1) is 17.2 Å². The SMILES string of the molecule is COCC(NS(=O)(=O)c1ccc(C#N)c(Cl)c1)C(C)C. The van der Waals surface area contributed by atoms with Crippen molar-refractivity contribution in [2.24, 2.45) is 5.92 Å². The average molecular weight is 317 g/mol. The lowest BCUT2D eigenvalue weighted by molar-refractivity contribution is 0.157. The van der Waals surface area contributed by atoms with E-state index in [0.29, 0.717) is 0 Å². The van der Waals surface area contributed by atoms with Crippen LogP contribution in [0.2, 0.25) is 5.02 Å². The summed E-state index contributed by atoms with van der Waals surface area (Å²) in [4.78, 5) is 0.0308. The van der Waals surface area contributed by atoms with Crippen LogP contribution in [0.15, 0.2) is 23.1 Å². The maximum atomic E-state index is 12.3. The highest BCUT2D eigenvalue weighted by Crippen LogP contribution is 2.20. The average Bonchev–Trinajstić information content (AvgIpc) is 2.37. The van der Waals surface area contributed by atoms with Crippen molar-refractivity contribution in [3.8, 4) is 6.07 Å². The Balaban J connectivity index is 3.05. The molecule has 0 amide bonds. The molecule has 1 aromatic carbocycles. The van der Waals surface area contributed by atoms with Crippen LogP contribution in [0.25, 0.3) is 0 Å². The minimum absolute atomic E-state index is 0.0308. The molecule has 5 nitrogen and oxygen atoms in total. The molecule has 1 N–H and O–H groups in total. The summed E-state index contributed by atoms with van der Waals surface area (Å²) >= 11 is 5.86. The minimum atomic E-state index is -3.70. The van der Waals surface area contributed by atoms with Crippen molar-refractivity contribution in [2.75, 3.05) is 13.7 Å². The van der Waals surface area contributed by atoms with E-state index in [1.807, 2.05) is 19.9 Å². The van der Waals surface area contributed by atoms with Crippen molar-refractivity contribution in [3.63, 3.8) is 0 Å². The van der Waals surface area contributed by atoms with Crippen molar-refractivity contribution in [3.05, 3.63) is 28.8 Å². The lowest BCUT2D eigenvalue weighted by atomic mass is 10.1. The van der Waals surface area contributed by atoms with Crippen LogP contribution in [0.1, 0.15) is 19.4 Å². The van der Waals surface area contributed by atoms with E-state index in [1.54, 1.807) is 0 Å². The summed E-state index contributed by atoms with van der Waals surface area (Å²) in [6.45, 7) is 4.08. The molecule has 0 saturated heterocycles. The van der Waals surface area contributed by atoms with Crippen LogP contribution in [0.4, 0.5) is 0 Å². The number of ether oxygens (including phenoxy) is 1. The van der Waals surface area contributed by atoms with Crippen LogP contribution in [-0.2, 0) is 14.8 Å². The molecule has 110 valence electrons. The fourth-order valence-electron chi connectivity index (χ4n) is 1.56. The summed E-state index contributed by atoms with van der Waals surface area (Å²) in [6.07, 6.45) is 0. The number of rotatable bonds is 6. The van der Waals surface area contributed by atoms with E-state index >= 15 is 0 Å². The summed E-state index contributed by atoms with van der Waals surface area (Å²) in [5, 5.41) is 8.90. The molecule has 0 aromatic heterocycles. The Kier molecular flexibility index (Phi) is 5.96. The highest BCUT2D eigenvalue weighted by atomic mass is 35.5. The monoisotopic (exact) mass is 316 g/mol. The van der Waals surface area contributed by atoms with Gasteiger partial charge in [0.1, 0.15) is 6.07 Å². The number of nitriles is 1. The molecule has 0 aliphatic carbocycles. The van der Waals surface area contributed by atoms with Crippen molar-refractivity contribution < 1.29 is 13.2 Å². The van der Waals surface area contributed by atoms with E-state index in [9.17, 15) is 8.42 Å². The number of nitrogens with one attached hydrogen (secondary N) is 1. The van der Waals surface area contributed by atoms with Crippen molar-refractivity contribution >= 4 is 21.6 Å². The minimum Gasteiger partial charge on any atom is -0.383 e. The predicted molar refractivity (Wildman–Crippen MR) is 77.0 cm³/mol. The third kappa shape index (κ3) is 4.18. The van der Waals surface area contributed by atoms with Gasteiger partial charge in [0.2, 0.25) is 10.0 Å². The third-order valence-electron chi connectivity index (χ3n) is 2.83. The molecule has 1 atom stereocenters. The number of benzene rings is 1. The lowest BCUT2D eigenvalue weighted by Crippen LogP contribution is -2.41. The van der Waals surface area contributed by atoms with E-state index < -0.39 is 10.0 Å². The van der Waals surface area contributed by atoms with Crippen LogP contribution in [0.5, 0.6) is 0 Å². The Labute approximate surface area is 124 Å². The molecule has 1 unspecified atom stereocenters. The molecule has 0 aliphatic rings. The first kappa shape index (κ1) is 16.9.